The lowest BCUT2D eigenvalue weighted by Crippen LogP contribution is -2.45. The zero-order chi connectivity index (χ0) is 26.8. The first kappa shape index (κ1) is 26.5. The van der Waals surface area contributed by atoms with Gasteiger partial charge in [-0.2, -0.15) is 5.10 Å². The molecule has 1 amide bonds. The number of anilines is 1. The summed E-state index contributed by atoms with van der Waals surface area (Å²) >= 11 is 0. The summed E-state index contributed by atoms with van der Waals surface area (Å²) in [6, 6.07) is 17.7. The zero-order valence-electron chi connectivity index (χ0n) is 22.7. The lowest BCUT2D eigenvalue weighted by Gasteiger charge is -2.38. The lowest BCUT2D eigenvalue weighted by atomic mass is 9.84. The van der Waals surface area contributed by atoms with Gasteiger partial charge in [-0.25, -0.2) is 9.48 Å². The second kappa shape index (κ2) is 10.4. The third-order valence-electron chi connectivity index (χ3n) is 7.59. The van der Waals surface area contributed by atoms with E-state index in [0.29, 0.717) is 36.3 Å². The molecule has 1 atom stereocenters. The van der Waals surface area contributed by atoms with E-state index in [-0.39, 0.29) is 23.5 Å². The van der Waals surface area contributed by atoms with Crippen LogP contribution in [0.5, 0.6) is 0 Å². The molecule has 4 rings (SSSR count). The first-order chi connectivity index (χ1) is 17.7. The monoisotopic (exact) mass is 502 g/mol. The van der Waals surface area contributed by atoms with Crippen LogP contribution in [0.3, 0.4) is 0 Å². The van der Waals surface area contributed by atoms with E-state index in [1.165, 1.54) is 5.56 Å². The predicted octanol–water partition coefficient (Wildman–Crippen LogP) is 6.11. The topological polar surface area (TPSA) is 85.2 Å². The van der Waals surface area contributed by atoms with Crippen molar-refractivity contribution < 1.29 is 14.3 Å². The minimum absolute atomic E-state index is 0.0730. The maximum atomic E-state index is 13.9. The Balaban J connectivity index is 1.67. The van der Waals surface area contributed by atoms with Crippen molar-refractivity contribution in [1.29, 1.82) is 0 Å². The zero-order valence-corrected chi connectivity index (χ0v) is 22.7. The molecule has 1 aliphatic rings. The minimum atomic E-state index is -0.589. The molecule has 7 nitrogen and oxygen atoms in total. The van der Waals surface area contributed by atoms with Gasteiger partial charge in [0.1, 0.15) is 11.4 Å². The SMILES string of the molecule is CCOC(=O)c1ccc(C(CC)(CC)NC(=O)c2c(C)nn3c2N[C@@H](c2ccccc2)CC3(C)C)cc1. The van der Waals surface area contributed by atoms with Crippen molar-refractivity contribution in [3.63, 3.8) is 0 Å². The smallest absolute Gasteiger partial charge is 0.338 e. The van der Waals surface area contributed by atoms with Crippen LogP contribution in [0.15, 0.2) is 54.6 Å². The fourth-order valence-electron chi connectivity index (χ4n) is 5.39. The molecule has 0 bridgehead atoms. The number of amides is 1. The van der Waals surface area contributed by atoms with Gasteiger partial charge in [-0.3, -0.25) is 4.79 Å². The number of esters is 1. The van der Waals surface area contributed by atoms with Crippen molar-refractivity contribution in [1.82, 2.24) is 15.1 Å². The number of hydrogen-bond donors (Lipinski definition) is 2. The summed E-state index contributed by atoms with van der Waals surface area (Å²) in [6.07, 6.45) is 2.25. The average Bonchev–Trinajstić information content (AvgIpc) is 3.25. The summed E-state index contributed by atoms with van der Waals surface area (Å²) < 4.78 is 7.08. The van der Waals surface area contributed by atoms with E-state index >= 15 is 0 Å². The first-order valence-electron chi connectivity index (χ1n) is 13.2. The molecule has 7 heteroatoms. The summed E-state index contributed by atoms with van der Waals surface area (Å²) in [6.45, 7) is 12.5. The van der Waals surface area contributed by atoms with Crippen molar-refractivity contribution in [2.24, 2.45) is 0 Å². The molecule has 2 N–H and O–H groups in total. The molecule has 0 fully saturated rings. The molecule has 2 aromatic carbocycles. The highest BCUT2D eigenvalue weighted by atomic mass is 16.5. The number of nitrogens with zero attached hydrogens (tertiary/aromatic N) is 2. The summed E-state index contributed by atoms with van der Waals surface area (Å²) in [4.78, 5) is 26.1. The third kappa shape index (κ3) is 4.99. The fraction of sp³-hybridized carbons (Fsp3) is 0.433. The molecule has 1 aromatic heterocycles. The average molecular weight is 503 g/mol. The Morgan fingerprint density at radius 1 is 1.08 bits per heavy atom. The van der Waals surface area contributed by atoms with Gasteiger partial charge in [0, 0.05) is 0 Å². The predicted molar refractivity (Wildman–Crippen MR) is 146 cm³/mol. The molecule has 196 valence electrons. The Hall–Kier alpha value is -3.61. The molecule has 1 aliphatic heterocycles. The molecule has 37 heavy (non-hydrogen) atoms. The number of carbonyl (C=O) groups is 2. The van der Waals surface area contributed by atoms with Crippen molar-refractivity contribution >= 4 is 17.7 Å². The first-order valence-corrected chi connectivity index (χ1v) is 13.2. The molecule has 0 unspecified atom stereocenters. The maximum absolute atomic E-state index is 13.9. The number of benzene rings is 2. The number of rotatable bonds is 8. The minimum Gasteiger partial charge on any atom is -0.462 e. The molecule has 0 radical (unpaired) electrons. The van der Waals surface area contributed by atoms with Gasteiger partial charge in [0.15, 0.2) is 0 Å². The quantitative estimate of drug-likeness (QED) is 0.363. The van der Waals surface area contributed by atoms with Crippen LogP contribution in [0.1, 0.15) is 97.5 Å². The van der Waals surface area contributed by atoms with E-state index in [2.05, 4.69) is 50.5 Å². The van der Waals surface area contributed by atoms with Crippen LogP contribution in [0.4, 0.5) is 5.82 Å². The van der Waals surface area contributed by atoms with E-state index in [0.717, 1.165) is 17.8 Å². The van der Waals surface area contributed by atoms with Gasteiger partial charge in [0.2, 0.25) is 0 Å². The number of nitrogens with one attached hydrogen (secondary N) is 2. The highest BCUT2D eigenvalue weighted by Crippen LogP contribution is 2.41. The third-order valence-corrected chi connectivity index (χ3v) is 7.59. The summed E-state index contributed by atoms with van der Waals surface area (Å²) in [7, 11) is 0. The van der Waals surface area contributed by atoms with E-state index in [1.807, 2.05) is 41.9 Å². The van der Waals surface area contributed by atoms with Crippen molar-refractivity contribution in [3.05, 3.63) is 82.5 Å². The van der Waals surface area contributed by atoms with Gasteiger partial charge in [0.25, 0.3) is 5.91 Å². The van der Waals surface area contributed by atoms with Crippen molar-refractivity contribution in [3.8, 4) is 0 Å². The molecule has 2 heterocycles. The van der Waals surface area contributed by atoms with Crippen LogP contribution in [0, 0.1) is 6.92 Å². The Labute approximate surface area is 219 Å². The molecule has 0 spiro atoms. The number of carbonyl (C=O) groups excluding carboxylic acids is 2. The highest BCUT2D eigenvalue weighted by molar-refractivity contribution is 6.01. The van der Waals surface area contributed by atoms with Crippen LogP contribution in [0.25, 0.3) is 0 Å². The van der Waals surface area contributed by atoms with Gasteiger partial charge < -0.3 is 15.4 Å². The summed E-state index contributed by atoms with van der Waals surface area (Å²) in [5, 5.41) is 11.8. The van der Waals surface area contributed by atoms with Crippen molar-refractivity contribution in [2.45, 2.75) is 77.9 Å². The Morgan fingerprint density at radius 2 is 1.73 bits per heavy atom. The maximum Gasteiger partial charge on any atom is 0.338 e. The van der Waals surface area contributed by atoms with Gasteiger partial charge in [0.05, 0.1) is 35.0 Å². The molecule has 0 aliphatic carbocycles. The number of ether oxygens (including phenoxy) is 1. The lowest BCUT2D eigenvalue weighted by molar-refractivity contribution is 0.0526. The normalized spacial score (nSPS) is 16.4. The van der Waals surface area contributed by atoms with Crippen LogP contribution >= 0.6 is 0 Å². The van der Waals surface area contributed by atoms with E-state index < -0.39 is 5.54 Å². The number of hydrogen-bond acceptors (Lipinski definition) is 5. The number of aryl methyl sites for hydroxylation is 1. The Kier molecular flexibility index (Phi) is 7.44. The summed E-state index contributed by atoms with van der Waals surface area (Å²) in [5.74, 6) is 0.244. The molecule has 3 aromatic rings. The Bertz CT molecular complexity index is 1260. The highest BCUT2D eigenvalue weighted by Gasteiger charge is 2.39. The fourth-order valence-corrected chi connectivity index (χ4v) is 5.39. The van der Waals surface area contributed by atoms with Crippen LogP contribution in [-0.4, -0.2) is 28.3 Å². The molecular formula is C30H38N4O3. The standard InChI is InChI=1S/C30H38N4O3/c1-7-30(8-2,23-17-15-22(16-18-23)28(36)37-9-3)32-27(35)25-20(4)33-34-26(25)31-24(19-29(34,5)6)21-13-11-10-12-14-21/h10-18,24,31H,7-9,19H2,1-6H3,(H,32,35)/t24-/m1/s1. The number of aromatic nitrogens is 2. The van der Waals surface area contributed by atoms with Gasteiger partial charge in [-0.15, -0.1) is 0 Å². The van der Waals surface area contributed by atoms with Crippen molar-refractivity contribution in [2.75, 3.05) is 11.9 Å². The second-order valence-electron chi connectivity index (χ2n) is 10.4. The van der Waals surface area contributed by atoms with Crippen LogP contribution in [-0.2, 0) is 15.8 Å². The van der Waals surface area contributed by atoms with Crippen LogP contribution < -0.4 is 10.6 Å². The van der Waals surface area contributed by atoms with E-state index in [4.69, 9.17) is 9.84 Å². The van der Waals surface area contributed by atoms with Crippen LogP contribution in [0.2, 0.25) is 0 Å². The largest absolute Gasteiger partial charge is 0.462 e. The second-order valence-corrected chi connectivity index (χ2v) is 10.4. The van der Waals surface area contributed by atoms with E-state index in [9.17, 15) is 9.59 Å². The molecular weight excluding hydrogens is 464 g/mol. The number of fused-ring (bicyclic) bond motifs is 1. The van der Waals surface area contributed by atoms with Gasteiger partial charge in [-0.1, -0.05) is 56.3 Å². The molecule has 0 saturated carbocycles. The van der Waals surface area contributed by atoms with Gasteiger partial charge >= 0.3 is 5.97 Å². The van der Waals surface area contributed by atoms with Gasteiger partial charge in [-0.05, 0) is 70.2 Å². The van der Waals surface area contributed by atoms with E-state index in [1.54, 1.807) is 19.1 Å². The Morgan fingerprint density at radius 3 is 2.32 bits per heavy atom. The molecule has 0 saturated heterocycles. The summed E-state index contributed by atoms with van der Waals surface area (Å²) in [5.41, 5.74) is 3.05.